The Hall–Kier alpha value is -2.01. The van der Waals surface area contributed by atoms with E-state index in [1.807, 2.05) is 14.0 Å². The molecule has 1 saturated heterocycles. The zero-order chi connectivity index (χ0) is 17.1. The van der Waals surface area contributed by atoms with Gasteiger partial charge >= 0.3 is 0 Å². The third-order valence-electron chi connectivity index (χ3n) is 4.52. The first kappa shape index (κ1) is 16.8. The van der Waals surface area contributed by atoms with Crippen LogP contribution in [0.3, 0.4) is 0 Å². The summed E-state index contributed by atoms with van der Waals surface area (Å²) in [6.45, 7) is 3.36. The lowest BCUT2D eigenvalue weighted by Crippen LogP contribution is -2.28. The van der Waals surface area contributed by atoms with Gasteiger partial charge in [-0.25, -0.2) is 4.39 Å². The lowest BCUT2D eigenvalue weighted by molar-refractivity contribution is 0.0764. The van der Waals surface area contributed by atoms with E-state index in [1.54, 1.807) is 17.0 Å². The molecule has 1 aromatic heterocycles. The minimum absolute atomic E-state index is 0.0514. The third-order valence-corrected chi connectivity index (χ3v) is 4.52. The number of fused-ring (bicyclic) bond motifs is 1. The predicted molar refractivity (Wildman–Crippen MR) is 91.6 cm³/mol. The summed E-state index contributed by atoms with van der Waals surface area (Å²) in [4.78, 5) is 18.9. The summed E-state index contributed by atoms with van der Waals surface area (Å²) in [7, 11) is 1.81. The molecule has 2 heterocycles. The van der Waals surface area contributed by atoms with Gasteiger partial charge in [0.2, 0.25) is 0 Å². The molecule has 4 nitrogen and oxygen atoms in total. The molecule has 0 unspecified atom stereocenters. The van der Waals surface area contributed by atoms with Crippen LogP contribution < -0.4 is 0 Å². The number of carbonyl (C=O) groups is 1. The van der Waals surface area contributed by atoms with Crippen LogP contribution in [0.1, 0.15) is 41.7 Å². The molecule has 1 atom stereocenters. The minimum atomic E-state index is -0.344. The molecule has 0 radical (unpaired) electrons. The van der Waals surface area contributed by atoms with E-state index >= 15 is 0 Å². The van der Waals surface area contributed by atoms with E-state index in [9.17, 15) is 9.18 Å². The molecular formula is C19H23FN2O2. The number of ether oxygens (including phenoxy) is 1. The van der Waals surface area contributed by atoms with Crippen LogP contribution in [0.4, 0.5) is 4.39 Å². The smallest absolute Gasteiger partial charge is 0.254 e. The highest BCUT2D eigenvalue weighted by molar-refractivity contribution is 6.06. The van der Waals surface area contributed by atoms with Crippen molar-refractivity contribution in [2.24, 2.45) is 0 Å². The van der Waals surface area contributed by atoms with Crippen LogP contribution in [0.15, 0.2) is 24.3 Å². The summed E-state index contributed by atoms with van der Waals surface area (Å²) in [6.07, 6.45) is 4.51. The van der Waals surface area contributed by atoms with Crippen LogP contribution in [-0.4, -0.2) is 42.1 Å². The van der Waals surface area contributed by atoms with Crippen LogP contribution in [0, 0.1) is 12.7 Å². The number of benzene rings is 1. The van der Waals surface area contributed by atoms with Crippen molar-refractivity contribution in [1.29, 1.82) is 0 Å². The fourth-order valence-electron chi connectivity index (χ4n) is 3.25. The number of pyridine rings is 1. The number of hydrogen-bond donors (Lipinski definition) is 0. The number of aryl methyl sites for hydroxylation is 1. The summed E-state index contributed by atoms with van der Waals surface area (Å²) in [5.74, 6) is -0.395. The summed E-state index contributed by atoms with van der Waals surface area (Å²) in [5.41, 5.74) is 1.81. The van der Waals surface area contributed by atoms with Gasteiger partial charge in [0.1, 0.15) is 5.82 Å². The molecule has 2 aromatic rings. The Bertz CT molecular complexity index is 736. The lowest BCUT2D eigenvalue weighted by Gasteiger charge is -2.19. The van der Waals surface area contributed by atoms with Crippen LogP contribution in [0.25, 0.3) is 10.9 Å². The molecule has 0 saturated carbocycles. The molecular weight excluding hydrogens is 307 g/mol. The van der Waals surface area contributed by atoms with Crippen molar-refractivity contribution in [3.05, 3.63) is 41.3 Å². The van der Waals surface area contributed by atoms with Crippen LogP contribution in [0.5, 0.6) is 0 Å². The number of halogens is 1. The Morgan fingerprint density at radius 1 is 1.42 bits per heavy atom. The van der Waals surface area contributed by atoms with E-state index in [-0.39, 0.29) is 11.7 Å². The topological polar surface area (TPSA) is 42.4 Å². The zero-order valence-electron chi connectivity index (χ0n) is 14.2. The Labute approximate surface area is 141 Å². The van der Waals surface area contributed by atoms with Crippen molar-refractivity contribution in [3.63, 3.8) is 0 Å². The summed E-state index contributed by atoms with van der Waals surface area (Å²) in [6, 6.07) is 6.15. The Kier molecular flexibility index (Phi) is 5.09. The average molecular weight is 330 g/mol. The standard InChI is InChI=1S/C19H23FN2O2/c1-13-11-17(16-8-7-14(20)12-18(16)21-13)19(23)22(2)9-3-5-15-6-4-10-24-15/h7-8,11-12,15H,3-6,9-10H2,1-2H3/t15-/m1/s1. The highest BCUT2D eigenvalue weighted by Crippen LogP contribution is 2.21. The van der Waals surface area contributed by atoms with Gasteiger partial charge in [-0.3, -0.25) is 9.78 Å². The van der Waals surface area contributed by atoms with Gasteiger partial charge in [-0.2, -0.15) is 0 Å². The first-order valence-corrected chi connectivity index (χ1v) is 8.48. The molecule has 24 heavy (non-hydrogen) atoms. The Balaban J connectivity index is 1.72. The molecule has 1 aliphatic rings. The summed E-state index contributed by atoms with van der Waals surface area (Å²) < 4.78 is 19.0. The minimum Gasteiger partial charge on any atom is -0.378 e. The van der Waals surface area contributed by atoms with Gasteiger partial charge < -0.3 is 9.64 Å². The number of rotatable bonds is 5. The lowest BCUT2D eigenvalue weighted by atomic mass is 10.1. The highest BCUT2D eigenvalue weighted by atomic mass is 19.1. The van der Waals surface area contributed by atoms with Crippen molar-refractivity contribution >= 4 is 16.8 Å². The van der Waals surface area contributed by atoms with Crippen molar-refractivity contribution in [1.82, 2.24) is 9.88 Å². The average Bonchev–Trinajstić information content (AvgIpc) is 3.06. The summed E-state index contributed by atoms with van der Waals surface area (Å²) >= 11 is 0. The van der Waals surface area contributed by atoms with Crippen molar-refractivity contribution < 1.29 is 13.9 Å². The van der Waals surface area contributed by atoms with Crippen LogP contribution in [0.2, 0.25) is 0 Å². The van der Waals surface area contributed by atoms with Crippen molar-refractivity contribution in [3.8, 4) is 0 Å². The molecule has 5 heteroatoms. The fraction of sp³-hybridized carbons (Fsp3) is 0.474. The first-order valence-electron chi connectivity index (χ1n) is 8.48. The molecule has 1 aromatic carbocycles. The van der Waals surface area contributed by atoms with E-state index in [0.29, 0.717) is 34.8 Å². The molecule has 1 aliphatic heterocycles. The van der Waals surface area contributed by atoms with Gasteiger partial charge in [0.15, 0.2) is 0 Å². The van der Waals surface area contributed by atoms with E-state index in [2.05, 4.69) is 4.98 Å². The molecule has 1 fully saturated rings. The van der Waals surface area contributed by atoms with Crippen molar-refractivity contribution in [2.45, 2.75) is 38.7 Å². The molecule has 0 aliphatic carbocycles. The molecule has 0 spiro atoms. The largest absolute Gasteiger partial charge is 0.378 e. The predicted octanol–water partition coefficient (Wildman–Crippen LogP) is 3.71. The van der Waals surface area contributed by atoms with Gasteiger partial charge in [-0.05, 0) is 50.8 Å². The molecule has 128 valence electrons. The van der Waals surface area contributed by atoms with Gasteiger partial charge in [0, 0.05) is 37.3 Å². The monoisotopic (exact) mass is 330 g/mol. The number of aromatic nitrogens is 1. The van der Waals surface area contributed by atoms with Gasteiger partial charge in [-0.15, -0.1) is 0 Å². The van der Waals surface area contributed by atoms with Crippen LogP contribution in [-0.2, 0) is 4.74 Å². The quantitative estimate of drug-likeness (QED) is 0.839. The SMILES string of the molecule is Cc1cc(C(=O)N(C)CCC[C@@H]2CCCO2)c2ccc(F)cc2n1. The number of amides is 1. The zero-order valence-corrected chi connectivity index (χ0v) is 14.2. The maximum Gasteiger partial charge on any atom is 0.254 e. The highest BCUT2D eigenvalue weighted by Gasteiger charge is 2.18. The van der Waals surface area contributed by atoms with E-state index in [1.165, 1.54) is 12.1 Å². The van der Waals surface area contributed by atoms with Crippen LogP contribution >= 0.6 is 0 Å². The second kappa shape index (κ2) is 7.26. The van der Waals surface area contributed by atoms with E-state index in [0.717, 1.165) is 32.3 Å². The molecule has 1 amide bonds. The van der Waals surface area contributed by atoms with Gasteiger partial charge in [0.05, 0.1) is 17.2 Å². The second-order valence-corrected chi connectivity index (χ2v) is 6.48. The second-order valence-electron chi connectivity index (χ2n) is 6.48. The third kappa shape index (κ3) is 3.73. The maximum absolute atomic E-state index is 13.4. The normalized spacial score (nSPS) is 17.4. The fourth-order valence-corrected chi connectivity index (χ4v) is 3.25. The van der Waals surface area contributed by atoms with E-state index < -0.39 is 0 Å². The summed E-state index contributed by atoms with van der Waals surface area (Å²) in [5, 5.41) is 0.693. The Morgan fingerprint density at radius 2 is 2.25 bits per heavy atom. The molecule has 0 bridgehead atoms. The van der Waals surface area contributed by atoms with Gasteiger partial charge in [0.25, 0.3) is 5.91 Å². The number of hydrogen-bond acceptors (Lipinski definition) is 3. The molecule has 3 rings (SSSR count). The van der Waals surface area contributed by atoms with Gasteiger partial charge in [-0.1, -0.05) is 0 Å². The Morgan fingerprint density at radius 3 is 3.00 bits per heavy atom. The maximum atomic E-state index is 13.4. The number of carbonyl (C=O) groups excluding carboxylic acids is 1. The number of nitrogens with zero attached hydrogens (tertiary/aromatic N) is 2. The van der Waals surface area contributed by atoms with Crippen molar-refractivity contribution in [2.75, 3.05) is 20.2 Å². The first-order chi connectivity index (χ1) is 11.5. The molecule has 0 N–H and O–H groups in total. The van der Waals surface area contributed by atoms with E-state index in [4.69, 9.17) is 4.74 Å².